The number of carbonyl (C=O) groups excluding carboxylic acids is 2. The Kier molecular flexibility index (Phi) is 6.19. The molecule has 2 aromatic heterocycles. The minimum atomic E-state index is 0.576. The molecule has 22 heavy (non-hydrogen) atoms. The van der Waals surface area contributed by atoms with E-state index < -0.39 is 0 Å². The van der Waals surface area contributed by atoms with Crippen molar-refractivity contribution in [1.29, 1.82) is 0 Å². The first-order chi connectivity index (χ1) is 10.7. The molecule has 0 aromatic carbocycles. The van der Waals surface area contributed by atoms with E-state index in [0.29, 0.717) is 11.4 Å². The van der Waals surface area contributed by atoms with Crippen LogP contribution in [0.3, 0.4) is 0 Å². The van der Waals surface area contributed by atoms with Crippen molar-refractivity contribution in [1.82, 2.24) is 9.97 Å². The second kappa shape index (κ2) is 7.72. The van der Waals surface area contributed by atoms with Gasteiger partial charge >= 0.3 is 0 Å². The molecule has 118 valence electrons. The number of H-pyrrole nitrogens is 2. The highest BCUT2D eigenvalue weighted by Crippen LogP contribution is 2.44. The number of aldehydes is 2. The molecule has 0 bridgehead atoms. The van der Waals surface area contributed by atoms with Gasteiger partial charge in [0.25, 0.3) is 0 Å². The van der Waals surface area contributed by atoms with Gasteiger partial charge in [-0.05, 0) is 25.0 Å². The zero-order valence-electron chi connectivity index (χ0n) is 12.6. The van der Waals surface area contributed by atoms with Crippen molar-refractivity contribution in [3.05, 3.63) is 11.4 Å². The van der Waals surface area contributed by atoms with Gasteiger partial charge in [0.15, 0.2) is 12.6 Å². The van der Waals surface area contributed by atoms with E-state index >= 15 is 0 Å². The summed E-state index contributed by atoms with van der Waals surface area (Å²) in [6, 6.07) is 0. The summed E-state index contributed by atoms with van der Waals surface area (Å²) in [7, 11) is 0. The lowest BCUT2D eigenvalue weighted by Crippen LogP contribution is -1.85. The number of thioether (sulfide) groups is 4. The van der Waals surface area contributed by atoms with Crippen LogP contribution in [0.25, 0.3) is 11.4 Å². The van der Waals surface area contributed by atoms with Crippen molar-refractivity contribution in [2.75, 3.05) is 25.0 Å². The fraction of sp³-hybridized carbons (Fsp3) is 0.286. The fourth-order valence-corrected chi connectivity index (χ4v) is 5.80. The molecular weight excluding hydrogens is 356 g/mol. The van der Waals surface area contributed by atoms with Crippen molar-refractivity contribution in [3.8, 4) is 11.4 Å². The van der Waals surface area contributed by atoms with Crippen LogP contribution in [0.2, 0.25) is 0 Å². The zero-order chi connectivity index (χ0) is 16.3. The number of aromatic amines is 2. The SMILES string of the molecule is CSc1c(C=O)[nH]c(-c2[nH]c(C=O)c(SC)c2SC)c1SC. The molecule has 0 amide bonds. The van der Waals surface area contributed by atoms with E-state index in [4.69, 9.17) is 0 Å². The predicted octanol–water partition coefficient (Wildman–Crippen LogP) is 4.52. The van der Waals surface area contributed by atoms with Gasteiger partial charge in [0.05, 0.1) is 22.8 Å². The standard InChI is InChI=1S/C14H16N2O2S4/c1-19-11-7(5-17)15-9(13(11)21-3)10-14(22-4)12(20-2)8(6-18)16-10/h5-6,15-16H,1-4H3. The maximum Gasteiger partial charge on any atom is 0.167 e. The Morgan fingerprint density at radius 1 is 0.636 bits per heavy atom. The first-order valence-corrected chi connectivity index (χ1v) is 11.1. The van der Waals surface area contributed by atoms with Crippen LogP contribution in [0.15, 0.2) is 19.6 Å². The van der Waals surface area contributed by atoms with Crippen LogP contribution in [0.4, 0.5) is 0 Å². The number of hydrogen-bond acceptors (Lipinski definition) is 6. The summed E-state index contributed by atoms with van der Waals surface area (Å²) in [5.74, 6) is 0. The molecule has 0 aliphatic rings. The summed E-state index contributed by atoms with van der Waals surface area (Å²) < 4.78 is 0. The van der Waals surface area contributed by atoms with Crippen LogP contribution >= 0.6 is 47.0 Å². The lowest BCUT2D eigenvalue weighted by Gasteiger charge is -2.04. The summed E-state index contributed by atoms with van der Waals surface area (Å²) in [5.41, 5.74) is 2.89. The quantitative estimate of drug-likeness (QED) is 0.550. The van der Waals surface area contributed by atoms with E-state index in [1.54, 1.807) is 47.0 Å². The molecule has 0 saturated carbocycles. The van der Waals surface area contributed by atoms with Crippen molar-refractivity contribution >= 4 is 59.6 Å². The second-order valence-corrected chi connectivity index (χ2v) is 7.46. The van der Waals surface area contributed by atoms with Crippen molar-refractivity contribution in [3.63, 3.8) is 0 Å². The largest absolute Gasteiger partial charge is 0.349 e. The Balaban J connectivity index is 2.76. The molecule has 2 rings (SSSR count). The molecule has 0 unspecified atom stereocenters. The Bertz CT molecular complexity index is 646. The fourth-order valence-electron chi connectivity index (χ4n) is 2.28. The molecule has 4 nitrogen and oxygen atoms in total. The molecule has 8 heteroatoms. The maximum atomic E-state index is 11.3. The van der Waals surface area contributed by atoms with Gasteiger partial charge in [0, 0.05) is 19.6 Å². The molecule has 0 atom stereocenters. The van der Waals surface area contributed by atoms with Crippen molar-refractivity contribution in [2.24, 2.45) is 0 Å². The van der Waals surface area contributed by atoms with E-state index in [9.17, 15) is 9.59 Å². The highest BCUT2D eigenvalue weighted by atomic mass is 32.2. The average molecular weight is 373 g/mol. The predicted molar refractivity (Wildman–Crippen MR) is 98.5 cm³/mol. The van der Waals surface area contributed by atoms with Crippen LogP contribution in [0.5, 0.6) is 0 Å². The van der Waals surface area contributed by atoms with Gasteiger partial charge in [-0.25, -0.2) is 0 Å². The monoisotopic (exact) mass is 372 g/mol. The zero-order valence-corrected chi connectivity index (χ0v) is 15.9. The smallest absolute Gasteiger partial charge is 0.167 e. The van der Waals surface area contributed by atoms with E-state index in [1.807, 2.05) is 25.0 Å². The van der Waals surface area contributed by atoms with Gasteiger partial charge in [-0.15, -0.1) is 47.0 Å². The molecule has 2 aromatic rings. The van der Waals surface area contributed by atoms with Crippen LogP contribution in [0.1, 0.15) is 21.0 Å². The summed E-state index contributed by atoms with van der Waals surface area (Å²) in [5, 5.41) is 0. The van der Waals surface area contributed by atoms with Crippen LogP contribution in [0, 0.1) is 0 Å². The van der Waals surface area contributed by atoms with Crippen molar-refractivity contribution < 1.29 is 9.59 Å². The van der Waals surface area contributed by atoms with Crippen LogP contribution in [-0.2, 0) is 0 Å². The topological polar surface area (TPSA) is 65.7 Å². The molecule has 0 spiro atoms. The van der Waals surface area contributed by atoms with Crippen LogP contribution < -0.4 is 0 Å². The Hall–Kier alpha value is -0.700. The highest BCUT2D eigenvalue weighted by Gasteiger charge is 2.24. The first-order valence-electron chi connectivity index (χ1n) is 6.25. The van der Waals surface area contributed by atoms with Gasteiger partial charge in [0.2, 0.25) is 0 Å². The Morgan fingerprint density at radius 3 is 1.18 bits per heavy atom. The highest BCUT2D eigenvalue weighted by molar-refractivity contribution is 8.02. The molecule has 0 radical (unpaired) electrons. The van der Waals surface area contributed by atoms with Gasteiger partial charge < -0.3 is 9.97 Å². The van der Waals surface area contributed by atoms with Gasteiger partial charge in [-0.2, -0.15) is 0 Å². The Morgan fingerprint density at radius 2 is 0.955 bits per heavy atom. The van der Waals surface area contributed by atoms with Crippen LogP contribution in [-0.4, -0.2) is 47.6 Å². The third kappa shape index (κ3) is 2.89. The van der Waals surface area contributed by atoms with Gasteiger partial charge in [-0.3, -0.25) is 9.59 Å². The van der Waals surface area contributed by atoms with E-state index in [-0.39, 0.29) is 0 Å². The van der Waals surface area contributed by atoms with E-state index in [0.717, 1.165) is 43.5 Å². The normalized spacial score (nSPS) is 10.9. The summed E-state index contributed by atoms with van der Waals surface area (Å²) >= 11 is 6.27. The number of rotatable bonds is 7. The minimum Gasteiger partial charge on any atom is -0.349 e. The van der Waals surface area contributed by atoms with E-state index in [1.165, 1.54) is 0 Å². The molecule has 0 aliphatic carbocycles. The van der Waals surface area contributed by atoms with E-state index in [2.05, 4.69) is 9.97 Å². The third-order valence-corrected chi connectivity index (χ3v) is 6.73. The third-order valence-electron chi connectivity index (χ3n) is 3.18. The summed E-state index contributed by atoms with van der Waals surface area (Å²) in [6.45, 7) is 0. The molecule has 2 heterocycles. The maximum absolute atomic E-state index is 11.3. The second-order valence-electron chi connectivity index (χ2n) is 4.20. The van der Waals surface area contributed by atoms with Gasteiger partial charge in [0.1, 0.15) is 0 Å². The van der Waals surface area contributed by atoms with Gasteiger partial charge in [-0.1, -0.05) is 0 Å². The number of aromatic nitrogens is 2. The average Bonchev–Trinajstić information content (AvgIpc) is 3.10. The lowest BCUT2D eigenvalue weighted by atomic mass is 10.3. The molecule has 0 aliphatic heterocycles. The van der Waals surface area contributed by atoms with Crippen molar-refractivity contribution in [2.45, 2.75) is 19.6 Å². The molecule has 0 saturated heterocycles. The number of carbonyl (C=O) groups is 2. The number of hydrogen-bond donors (Lipinski definition) is 2. The molecular formula is C14H16N2O2S4. The number of nitrogens with one attached hydrogen (secondary N) is 2. The minimum absolute atomic E-state index is 0.576. The molecule has 0 fully saturated rings. The summed E-state index contributed by atoms with van der Waals surface area (Å²) in [6.07, 6.45) is 9.55. The molecule has 2 N–H and O–H groups in total. The Labute approximate surface area is 146 Å². The first kappa shape index (κ1) is 17.7. The lowest BCUT2D eigenvalue weighted by molar-refractivity contribution is 0.110. The summed E-state index contributed by atoms with van der Waals surface area (Å²) in [4.78, 5) is 33.0.